The minimum absolute atomic E-state index is 0.0494. The van der Waals surface area contributed by atoms with Gasteiger partial charge in [-0.25, -0.2) is 4.39 Å². The third-order valence-electron chi connectivity index (χ3n) is 4.38. The number of carbonyl (C=O) groups is 1. The molecular weight excluding hydrogens is 345 g/mol. The molecule has 0 unspecified atom stereocenters. The number of hydrogen-bond acceptors (Lipinski definition) is 4. The first-order valence-corrected chi connectivity index (χ1v) is 8.72. The van der Waals surface area contributed by atoms with Gasteiger partial charge in [-0.05, 0) is 23.8 Å². The van der Waals surface area contributed by atoms with E-state index in [1.54, 1.807) is 18.2 Å². The molecule has 0 atom stereocenters. The molecule has 1 heterocycles. The van der Waals surface area contributed by atoms with Gasteiger partial charge in [-0.1, -0.05) is 61.9 Å². The summed E-state index contributed by atoms with van der Waals surface area (Å²) in [6.07, 6.45) is 0. The van der Waals surface area contributed by atoms with Gasteiger partial charge in [0.25, 0.3) is 0 Å². The molecule has 0 fully saturated rings. The lowest BCUT2D eigenvalue weighted by Crippen LogP contribution is -2.39. The van der Waals surface area contributed by atoms with Crippen LogP contribution < -0.4 is 5.32 Å². The molecule has 3 rings (SSSR count). The lowest BCUT2D eigenvalue weighted by Gasteiger charge is -2.26. The Morgan fingerprint density at radius 3 is 2.56 bits per heavy atom. The van der Waals surface area contributed by atoms with Crippen LogP contribution in [0.4, 0.5) is 4.39 Å². The third kappa shape index (κ3) is 4.55. The molecule has 1 amide bonds. The molecule has 0 spiro atoms. The van der Waals surface area contributed by atoms with Crippen molar-refractivity contribution in [3.63, 3.8) is 0 Å². The van der Waals surface area contributed by atoms with Gasteiger partial charge in [0, 0.05) is 17.5 Å². The molecule has 7 heteroatoms. The largest absolute Gasteiger partial charge is 0.354 e. The topological polar surface area (TPSA) is 72.7 Å². The van der Waals surface area contributed by atoms with Crippen LogP contribution in [0, 0.1) is 12.7 Å². The zero-order valence-electron chi connectivity index (χ0n) is 15.6. The quantitative estimate of drug-likeness (QED) is 0.727. The molecule has 2 aromatic carbocycles. The highest BCUT2D eigenvalue weighted by molar-refractivity contribution is 5.75. The van der Waals surface area contributed by atoms with E-state index in [9.17, 15) is 9.18 Å². The van der Waals surface area contributed by atoms with E-state index in [1.165, 1.54) is 10.9 Å². The number of aromatic nitrogens is 4. The molecule has 0 aliphatic carbocycles. The second-order valence-electron chi connectivity index (χ2n) is 7.15. The average Bonchev–Trinajstić information content (AvgIpc) is 3.09. The van der Waals surface area contributed by atoms with Crippen LogP contribution in [-0.2, 0) is 16.8 Å². The van der Waals surface area contributed by atoms with E-state index >= 15 is 0 Å². The van der Waals surface area contributed by atoms with Crippen LogP contribution in [0.15, 0.2) is 48.5 Å². The Balaban J connectivity index is 1.60. The Hall–Kier alpha value is -3.09. The van der Waals surface area contributed by atoms with Gasteiger partial charge in [0.1, 0.15) is 12.4 Å². The van der Waals surface area contributed by atoms with E-state index in [1.807, 2.05) is 45.0 Å². The van der Waals surface area contributed by atoms with E-state index in [4.69, 9.17) is 0 Å². The number of hydrogen-bond donors (Lipinski definition) is 1. The molecule has 140 valence electrons. The van der Waals surface area contributed by atoms with Crippen molar-refractivity contribution in [3.8, 4) is 11.4 Å². The standard InChI is InChI=1S/C20H22FN5O/c1-14-8-10-15(11-9-14)19-23-25-26(24-19)12-18(27)22-13-20(2,3)16-6-4-5-7-17(16)21/h4-11H,12-13H2,1-3H3,(H,22,27). The monoisotopic (exact) mass is 367 g/mol. The third-order valence-corrected chi connectivity index (χ3v) is 4.38. The maximum absolute atomic E-state index is 14.0. The number of tetrazole rings is 1. The van der Waals surface area contributed by atoms with E-state index in [0.29, 0.717) is 17.9 Å². The number of halogens is 1. The fourth-order valence-corrected chi connectivity index (χ4v) is 2.74. The number of amides is 1. The maximum atomic E-state index is 14.0. The van der Waals surface area contributed by atoms with Crippen LogP contribution in [0.2, 0.25) is 0 Å². The molecule has 0 aliphatic heterocycles. The summed E-state index contributed by atoms with van der Waals surface area (Å²) in [6, 6.07) is 14.3. The lowest BCUT2D eigenvalue weighted by atomic mass is 9.84. The van der Waals surface area contributed by atoms with Crippen molar-refractivity contribution < 1.29 is 9.18 Å². The Morgan fingerprint density at radius 1 is 1.15 bits per heavy atom. The number of nitrogens with zero attached hydrogens (tertiary/aromatic N) is 4. The number of benzene rings is 2. The van der Waals surface area contributed by atoms with E-state index in [-0.39, 0.29) is 18.3 Å². The summed E-state index contributed by atoms with van der Waals surface area (Å²) in [5.41, 5.74) is 2.01. The molecule has 0 radical (unpaired) electrons. The summed E-state index contributed by atoms with van der Waals surface area (Å²) < 4.78 is 14.0. The van der Waals surface area contributed by atoms with Gasteiger partial charge >= 0.3 is 0 Å². The van der Waals surface area contributed by atoms with Gasteiger partial charge in [0.05, 0.1) is 0 Å². The zero-order chi connectivity index (χ0) is 19.4. The van der Waals surface area contributed by atoms with Crippen molar-refractivity contribution in [1.29, 1.82) is 0 Å². The van der Waals surface area contributed by atoms with E-state index < -0.39 is 5.41 Å². The van der Waals surface area contributed by atoms with E-state index in [0.717, 1.165) is 11.1 Å². The zero-order valence-corrected chi connectivity index (χ0v) is 15.6. The number of carbonyl (C=O) groups excluding carboxylic acids is 1. The molecule has 1 N–H and O–H groups in total. The first-order valence-electron chi connectivity index (χ1n) is 8.72. The molecule has 0 saturated heterocycles. The normalized spacial score (nSPS) is 11.4. The molecule has 6 nitrogen and oxygen atoms in total. The maximum Gasteiger partial charge on any atom is 0.243 e. The highest BCUT2D eigenvalue weighted by Gasteiger charge is 2.24. The van der Waals surface area contributed by atoms with Crippen molar-refractivity contribution in [2.75, 3.05) is 6.54 Å². The summed E-state index contributed by atoms with van der Waals surface area (Å²) in [5.74, 6) is -0.0702. The van der Waals surface area contributed by atoms with Gasteiger partial charge in [-0.3, -0.25) is 4.79 Å². The van der Waals surface area contributed by atoms with Crippen molar-refractivity contribution in [1.82, 2.24) is 25.5 Å². The molecule has 0 saturated carbocycles. The van der Waals surface area contributed by atoms with Gasteiger partial charge in [0.15, 0.2) is 0 Å². The number of nitrogens with one attached hydrogen (secondary N) is 1. The molecule has 1 aromatic heterocycles. The predicted octanol–water partition coefficient (Wildman–Crippen LogP) is 2.88. The van der Waals surface area contributed by atoms with Crippen molar-refractivity contribution >= 4 is 5.91 Å². The second kappa shape index (κ2) is 7.65. The van der Waals surface area contributed by atoms with Crippen LogP contribution in [0.1, 0.15) is 25.0 Å². The Kier molecular flexibility index (Phi) is 5.30. The van der Waals surface area contributed by atoms with Crippen LogP contribution in [0.5, 0.6) is 0 Å². The summed E-state index contributed by atoms with van der Waals surface area (Å²) in [4.78, 5) is 13.5. The summed E-state index contributed by atoms with van der Waals surface area (Å²) in [5, 5.41) is 15.0. The molecule has 3 aromatic rings. The fourth-order valence-electron chi connectivity index (χ4n) is 2.74. The van der Waals surface area contributed by atoms with Crippen LogP contribution in [0.3, 0.4) is 0 Å². The van der Waals surface area contributed by atoms with Gasteiger partial charge < -0.3 is 5.32 Å². The number of rotatable bonds is 6. The van der Waals surface area contributed by atoms with Crippen molar-refractivity contribution in [3.05, 3.63) is 65.5 Å². The van der Waals surface area contributed by atoms with E-state index in [2.05, 4.69) is 20.7 Å². The summed E-state index contributed by atoms with van der Waals surface area (Å²) >= 11 is 0. The average molecular weight is 367 g/mol. The van der Waals surface area contributed by atoms with Gasteiger partial charge in [0.2, 0.25) is 11.7 Å². The number of aryl methyl sites for hydroxylation is 1. The van der Waals surface area contributed by atoms with Gasteiger partial charge in [-0.15, -0.1) is 10.2 Å². The van der Waals surface area contributed by atoms with Gasteiger partial charge in [-0.2, -0.15) is 4.80 Å². The summed E-state index contributed by atoms with van der Waals surface area (Å²) in [6.45, 7) is 6.02. The first-order chi connectivity index (χ1) is 12.8. The molecule has 0 aliphatic rings. The highest BCUT2D eigenvalue weighted by atomic mass is 19.1. The van der Waals surface area contributed by atoms with Crippen LogP contribution >= 0.6 is 0 Å². The first kappa shape index (κ1) is 18.7. The minimum Gasteiger partial charge on any atom is -0.354 e. The fraction of sp³-hybridized carbons (Fsp3) is 0.300. The van der Waals surface area contributed by atoms with Crippen LogP contribution in [-0.4, -0.2) is 32.7 Å². The molecular formula is C20H22FN5O. The minimum atomic E-state index is -0.538. The Bertz CT molecular complexity index is 934. The SMILES string of the molecule is Cc1ccc(-c2nnn(CC(=O)NCC(C)(C)c3ccccc3F)n2)cc1. The molecule has 0 bridgehead atoms. The predicted molar refractivity (Wildman–Crippen MR) is 100 cm³/mol. The molecule has 27 heavy (non-hydrogen) atoms. The second-order valence-corrected chi connectivity index (χ2v) is 7.15. The van der Waals surface area contributed by atoms with Crippen LogP contribution in [0.25, 0.3) is 11.4 Å². The Labute approximate surface area is 157 Å². The Morgan fingerprint density at radius 2 is 1.85 bits per heavy atom. The lowest BCUT2D eigenvalue weighted by molar-refractivity contribution is -0.122. The smallest absolute Gasteiger partial charge is 0.243 e. The highest BCUT2D eigenvalue weighted by Crippen LogP contribution is 2.24. The van der Waals surface area contributed by atoms with Crippen molar-refractivity contribution in [2.24, 2.45) is 0 Å². The van der Waals surface area contributed by atoms with Crippen molar-refractivity contribution in [2.45, 2.75) is 32.7 Å². The summed E-state index contributed by atoms with van der Waals surface area (Å²) in [7, 11) is 0.